The van der Waals surface area contributed by atoms with E-state index in [-0.39, 0.29) is 17.9 Å². The third kappa shape index (κ3) is 3.88. The van der Waals surface area contributed by atoms with Crippen LogP contribution in [0.25, 0.3) is 0 Å². The van der Waals surface area contributed by atoms with Crippen molar-refractivity contribution in [3.05, 3.63) is 23.8 Å². The first-order valence-electron chi connectivity index (χ1n) is 6.55. The number of ether oxygens (including phenoxy) is 2. The van der Waals surface area contributed by atoms with Crippen molar-refractivity contribution in [1.29, 1.82) is 0 Å². The SMILES string of the molecule is CC[C@@H](NC(=O)C(C)C)c1ccc(OC)c(OC)c1. The maximum atomic E-state index is 11.8. The molecule has 106 valence electrons. The van der Waals surface area contributed by atoms with Crippen LogP contribution in [-0.4, -0.2) is 20.1 Å². The third-order valence-corrected chi connectivity index (χ3v) is 3.06. The third-order valence-electron chi connectivity index (χ3n) is 3.06. The number of methoxy groups -OCH3 is 2. The molecule has 0 aliphatic rings. The van der Waals surface area contributed by atoms with Gasteiger partial charge in [-0.1, -0.05) is 26.8 Å². The van der Waals surface area contributed by atoms with Gasteiger partial charge in [0.05, 0.1) is 20.3 Å². The number of carbonyl (C=O) groups is 1. The number of benzene rings is 1. The van der Waals surface area contributed by atoms with Gasteiger partial charge >= 0.3 is 0 Å². The van der Waals surface area contributed by atoms with Crippen LogP contribution in [0.4, 0.5) is 0 Å². The highest BCUT2D eigenvalue weighted by molar-refractivity contribution is 5.78. The quantitative estimate of drug-likeness (QED) is 0.860. The van der Waals surface area contributed by atoms with Crippen LogP contribution in [0.3, 0.4) is 0 Å². The molecule has 4 heteroatoms. The Balaban J connectivity index is 2.95. The molecule has 1 amide bonds. The fourth-order valence-corrected chi connectivity index (χ4v) is 1.83. The zero-order valence-electron chi connectivity index (χ0n) is 12.3. The molecule has 1 rings (SSSR count). The van der Waals surface area contributed by atoms with Gasteiger partial charge < -0.3 is 14.8 Å². The van der Waals surface area contributed by atoms with E-state index in [1.54, 1.807) is 14.2 Å². The summed E-state index contributed by atoms with van der Waals surface area (Å²) in [6.07, 6.45) is 0.827. The van der Waals surface area contributed by atoms with E-state index in [1.165, 1.54) is 0 Å². The number of rotatable bonds is 6. The van der Waals surface area contributed by atoms with E-state index < -0.39 is 0 Å². The Morgan fingerprint density at radius 2 is 1.84 bits per heavy atom. The Morgan fingerprint density at radius 3 is 2.32 bits per heavy atom. The summed E-state index contributed by atoms with van der Waals surface area (Å²) in [6, 6.07) is 5.72. The van der Waals surface area contributed by atoms with Crippen LogP contribution in [0.1, 0.15) is 38.8 Å². The van der Waals surface area contributed by atoms with Crippen molar-refractivity contribution in [3.8, 4) is 11.5 Å². The Bertz CT molecular complexity index is 429. The smallest absolute Gasteiger partial charge is 0.223 e. The normalized spacial score (nSPS) is 12.1. The highest BCUT2D eigenvalue weighted by Gasteiger charge is 2.16. The molecule has 0 heterocycles. The monoisotopic (exact) mass is 265 g/mol. The number of carbonyl (C=O) groups excluding carboxylic acids is 1. The summed E-state index contributed by atoms with van der Waals surface area (Å²) in [5.74, 6) is 1.41. The molecule has 0 spiro atoms. The van der Waals surface area contributed by atoms with Crippen LogP contribution in [-0.2, 0) is 4.79 Å². The van der Waals surface area contributed by atoms with E-state index in [0.29, 0.717) is 11.5 Å². The minimum absolute atomic E-state index is 0.00490. The molecule has 1 aromatic carbocycles. The van der Waals surface area contributed by atoms with E-state index in [9.17, 15) is 4.79 Å². The van der Waals surface area contributed by atoms with Gasteiger partial charge in [0.1, 0.15) is 0 Å². The molecule has 0 aliphatic carbocycles. The van der Waals surface area contributed by atoms with E-state index in [0.717, 1.165) is 12.0 Å². The first kappa shape index (κ1) is 15.3. The molecule has 1 aromatic rings. The number of hydrogen-bond acceptors (Lipinski definition) is 3. The summed E-state index contributed by atoms with van der Waals surface area (Å²) in [4.78, 5) is 11.8. The van der Waals surface area contributed by atoms with Crippen LogP contribution in [0.2, 0.25) is 0 Å². The molecule has 0 bridgehead atoms. The Morgan fingerprint density at radius 1 is 1.21 bits per heavy atom. The highest BCUT2D eigenvalue weighted by Crippen LogP contribution is 2.30. The molecule has 0 radical (unpaired) electrons. The molecule has 1 atom stereocenters. The van der Waals surface area contributed by atoms with Gasteiger partial charge in [-0.15, -0.1) is 0 Å². The summed E-state index contributed by atoms with van der Waals surface area (Å²) in [5.41, 5.74) is 1.02. The predicted molar refractivity (Wildman–Crippen MR) is 75.6 cm³/mol. The number of amides is 1. The summed E-state index contributed by atoms with van der Waals surface area (Å²) in [6.45, 7) is 5.81. The Hall–Kier alpha value is -1.71. The lowest BCUT2D eigenvalue weighted by Gasteiger charge is -2.20. The maximum absolute atomic E-state index is 11.8. The summed E-state index contributed by atoms with van der Waals surface area (Å²) in [5, 5.41) is 3.04. The van der Waals surface area contributed by atoms with E-state index in [2.05, 4.69) is 5.32 Å². The molecule has 0 aromatic heterocycles. The second-order valence-electron chi connectivity index (χ2n) is 4.74. The van der Waals surface area contributed by atoms with Gasteiger partial charge in [0.25, 0.3) is 0 Å². The predicted octanol–water partition coefficient (Wildman–Crippen LogP) is 2.93. The van der Waals surface area contributed by atoms with Crippen molar-refractivity contribution < 1.29 is 14.3 Å². The van der Waals surface area contributed by atoms with Crippen molar-refractivity contribution in [1.82, 2.24) is 5.32 Å². The lowest BCUT2D eigenvalue weighted by Crippen LogP contribution is -2.31. The van der Waals surface area contributed by atoms with Crippen molar-refractivity contribution in [2.24, 2.45) is 5.92 Å². The van der Waals surface area contributed by atoms with Gasteiger partial charge in [-0.05, 0) is 24.1 Å². The van der Waals surface area contributed by atoms with Crippen molar-refractivity contribution in [2.75, 3.05) is 14.2 Å². The van der Waals surface area contributed by atoms with Crippen molar-refractivity contribution in [3.63, 3.8) is 0 Å². The summed E-state index contributed by atoms with van der Waals surface area (Å²) < 4.78 is 10.5. The molecule has 4 nitrogen and oxygen atoms in total. The molecule has 19 heavy (non-hydrogen) atoms. The van der Waals surface area contributed by atoms with Crippen molar-refractivity contribution >= 4 is 5.91 Å². The average Bonchev–Trinajstić information content (AvgIpc) is 2.43. The van der Waals surface area contributed by atoms with Gasteiger partial charge in [0.15, 0.2) is 11.5 Å². The molecule has 0 fully saturated rings. The molecule has 0 unspecified atom stereocenters. The molecular formula is C15H23NO3. The van der Waals surface area contributed by atoms with Crippen LogP contribution in [0.15, 0.2) is 18.2 Å². The lowest BCUT2D eigenvalue weighted by molar-refractivity contribution is -0.124. The topological polar surface area (TPSA) is 47.6 Å². The van der Waals surface area contributed by atoms with Crippen LogP contribution in [0, 0.1) is 5.92 Å². The summed E-state index contributed by atoms with van der Waals surface area (Å²) in [7, 11) is 3.21. The van der Waals surface area contributed by atoms with E-state index in [1.807, 2.05) is 39.0 Å². The summed E-state index contributed by atoms with van der Waals surface area (Å²) >= 11 is 0. The fourth-order valence-electron chi connectivity index (χ4n) is 1.83. The standard InChI is InChI=1S/C15H23NO3/c1-6-12(16-15(17)10(2)3)11-7-8-13(18-4)14(9-11)19-5/h7-10,12H,6H2,1-5H3,(H,16,17)/t12-/m1/s1. The largest absolute Gasteiger partial charge is 0.493 e. The fraction of sp³-hybridized carbons (Fsp3) is 0.533. The Labute approximate surface area is 115 Å². The van der Waals surface area contributed by atoms with Crippen molar-refractivity contribution in [2.45, 2.75) is 33.2 Å². The van der Waals surface area contributed by atoms with Crippen LogP contribution < -0.4 is 14.8 Å². The van der Waals surface area contributed by atoms with Crippen LogP contribution in [0.5, 0.6) is 11.5 Å². The first-order chi connectivity index (χ1) is 9.03. The zero-order chi connectivity index (χ0) is 14.4. The first-order valence-corrected chi connectivity index (χ1v) is 6.55. The van der Waals surface area contributed by atoms with Gasteiger partial charge in [0.2, 0.25) is 5.91 Å². The minimum Gasteiger partial charge on any atom is -0.493 e. The average molecular weight is 265 g/mol. The number of hydrogen-bond donors (Lipinski definition) is 1. The maximum Gasteiger partial charge on any atom is 0.223 e. The van der Waals surface area contributed by atoms with Gasteiger partial charge in [-0.2, -0.15) is 0 Å². The van der Waals surface area contributed by atoms with Gasteiger partial charge in [0, 0.05) is 5.92 Å². The molecule has 0 aliphatic heterocycles. The Kier molecular flexibility index (Phi) is 5.67. The molecule has 0 saturated heterocycles. The second kappa shape index (κ2) is 7.02. The zero-order valence-corrected chi connectivity index (χ0v) is 12.3. The van der Waals surface area contributed by atoms with Gasteiger partial charge in [-0.3, -0.25) is 4.79 Å². The molecular weight excluding hydrogens is 242 g/mol. The number of nitrogens with one attached hydrogen (secondary N) is 1. The minimum atomic E-state index is -0.0193. The lowest BCUT2D eigenvalue weighted by atomic mass is 10.0. The molecule has 0 saturated carbocycles. The van der Waals surface area contributed by atoms with Crippen LogP contribution >= 0.6 is 0 Å². The second-order valence-corrected chi connectivity index (χ2v) is 4.74. The highest BCUT2D eigenvalue weighted by atomic mass is 16.5. The van der Waals surface area contributed by atoms with Gasteiger partial charge in [-0.25, -0.2) is 0 Å². The van der Waals surface area contributed by atoms with E-state index >= 15 is 0 Å². The van der Waals surface area contributed by atoms with E-state index in [4.69, 9.17) is 9.47 Å². The molecule has 1 N–H and O–H groups in total.